The van der Waals surface area contributed by atoms with E-state index in [1.807, 2.05) is 18.2 Å². The van der Waals surface area contributed by atoms with E-state index in [2.05, 4.69) is 31.4 Å². The minimum absolute atomic E-state index is 0.106. The molecule has 94 valence electrons. The molecule has 0 radical (unpaired) electrons. The molecule has 3 atom stereocenters. The van der Waals surface area contributed by atoms with Crippen molar-refractivity contribution in [3.63, 3.8) is 0 Å². The fraction of sp³-hybridized carbons (Fsp3) is 0.385. The van der Waals surface area contributed by atoms with Crippen molar-refractivity contribution in [1.29, 1.82) is 0 Å². The van der Waals surface area contributed by atoms with Crippen LogP contribution in [0.15, 0.2) is 40.3 Å². The average Bonchev–Trinajstić information content (AvgIpc) is 3.01. The first kappa shape index (κ1) is 11.7. The van der Waals surface area contributed by atoms with Gasteiger partial charge < -0.3 is 9.47 Å². The van der Waals surface area contributed by atoms with Crippen molar-refractivity contribution in [3.8, 4) is 0 Å². The first-order valence-corrected chi connectivity index (χ1v) is 6.67. The topological polar surface area (TPSA) is 43.2 Å². The number of hydrogen-bond donors (Lipinski definition) is 0. The molecule has 2 aliphatic heterocycles. The summed E-state index contributed by atoms with van der Waals surface area (Å²) >= 11 is 0. The molecule has 0 amide bonds. The second kappa shape index (κ2) is 5.07. The number of hydrogen-bond acceptors (Lipinski definition) is 4. The van der Waals surface area contributed by atoms with Crippen molar-refractivity contribution < 1.29 is 9.47 Å². The lowest BCUT2D eigenvalue weighted by Gasteiger charge is -2.03. The summed E-state index contributed by atoms with van der Waals surface area (Å²) in [6.45, 7) is 1.24. The summed E-state index contributed by atoms with van der Waals surface area (Å²) in [7, 11) is 2.64. The van der Waals surface area contributed by atoms with Gasteiger partial charge in [-0.2, -0.15) is 0 Å². The number of nitrogens with zero attached hydrogens (tertiary/aromatic N) is 2. The largest absolute Gasteiger partial charge is 0.478 e. The fourth-order valence-electron chi connectivity index (χ4n) is 2.03. The highest BCUT2D eigenvalue weighted by molar-refractivity contribution is 7.17. The first-order chi connectivity index (χ1) is 8.81. The highest BCUT2D eigenvalue weighted by Gasteiger charge is 2.24. The average molecular weight is 262 g/mol. The summed E-state index contributed by atoms with van der Waals surface area (Å²) in [6.07, 6.45) is 0.564. The van der Waals surface area contributed by atoms with Crippen LogP contribution in [0.25, 0.3) is 0 Å². The van der Waals surface area contributed by atoms with Crippen LogP contribution in [0.3, 0.4) is 0 Å². The Morgan fingerprint density at radius 3 is 2.50 bits per heavy atom. The van der Waals surface area contributed by atoms with Crippen molar-refractivity contribution in [2.75, 3.05) is 13.2 Å². The van der Waals surface area contributed by atoms with E-state index >= 15 is 0 Å². The molecule has 1 aromatic carbocycles. The second-order valence-electron chi connectivity index (χ2n) is 4.34. The van der Waals surface area contributed by atoms with Gasteiger partial charge in [-0.25, -0.2) is 9.98 Å². The first-order valence-electron chi connectivity index (χ1n) is 6.01. The van der Waals surface area contributed by atoms with Gasteiger partial charge in [0, 0.05) is 0 Å². The van der Waals surface area contributed by atoms with Gasteiger partial charge in [-0.15, -0.1) is 9.24 Å². The van der Waals surface area contributed by atoms with Crippen molar-refractivity contribution >= 4 is 21.0 Å². The van der Waals surface area contributed by atoms with Gasteiger partial charge in [0.15, 0.2) is 11.8 Å². The van der Waals surface area contributed by atoms with E-state index in [0.717, 1.165) is 11.8 Å². The molecule has 0 saturated heterocycles. The lowest BCUT2D eigenvalue weighted by atomic mass is 10.1. The Morgan fingerprint density at radius 2 is 1.78 bits per heavy atom. The van der Waals surface area contributed by atoms with Gasteiger partial charge in [0.1, 0.15) is 25.0 Å². The van der Waals surface area contributed by atoms with E-state index in [0.29, 0.717) is 19.6 Å². The maximum absolute atomic E-state index is 5.60. The van der Waals surface area contributed by atoms with Gasteiger partial charge in [0.2, 0.25) is 0 Å². The molecule has 0 aromatic heterocycles. The number of aliphatic imine (C=N–C) groups is 2. The summed E-state index contributed by atoms with van der Waals surface area (Å²) in [5.74, 6) is 1.62. The summed E-state index contributed by atoms with van der Waals surface area (Å²) in [5, 5.41) is 0. The van der Waals surface area contributed by atoms with Crippen LogP contribution in [0.1, 0.15) is 18.0 Å². The van der Waals surface area contributed by atoms with Gasteiger partial charge in [0.05, 0.1) is 6.42 Å². The molecule has 0 fully saturated rings. The maximum atomic E-state index is 5.60. The van der Waals surface area contributed by atoms with Crippen LogP contribution in [0.4, 0.5) is 0 Å². The van der Waals surface area contributed by atoms with E-state index < -0.39 is 0 Å². The van der Waals surface area contributed by atoms with Gasteiger partial charge in [0.25, 0.3) is 0 Å². The van der Waals surface area contributed by atoms with Crippen LogP contribution in [-0.2, 0) is 9.47 Å². The van der Waals surface area contributed by atoms with E-state index in [4.69, 9.17) is 9.47 Å². The lowest BCUT2D eigenvalue weighted by Crippen LogP contribution is -2.08. The van der Waals surface area contributed by atoms with Gasteiger partial charge in [-0.1, -0.05) is 30.3 Å². The Morgan fingerprint density at radius 1 is 1.06 bits per heavy atom. The Hall–Kier alpha value is -1.41. The molecule has 2 aliphatic rings. The van der Waals surface area contributed by atoms with Crippen molar-refractivity contribution in [3.05, 3.63) is 35.9 Å². The summed E-state index contributed by atoms with van der Waals surface area (Å²) in [6, 6.07) is 10.3. The normalized spacial score (nSPS) is 26.3. The third kappa shape index (κ3) is 2.54. The van der Waals surface area contributed by atoms with Crippen LogP contribution < -0.4 is 0 Å². The zero-order chi connectivity index (χ0) is 12.4. The van der Waals surface area contributed by atoms with Crippen molar-refractivity contribution in [2.45, 2.75) is 18.2 Å². The maximum Gasteiger partial charge on any atom is 0.193 e. The molecule has 0 saturated carbocycles. The Kier molecular flexibility index (Phi) is 3.28. The number of benzene rings is 1. The van der Waals surface area contributed by atoms with E-state index in [1.54, 1.807) is 0 Å². The smallest absolute Gasteiger partial charge is 0.193 e. The monoisotopic (exact) mass is 262 g/mol. The SMILES string of the molecule is P[C@H]1COC(CC2=N[C@@H](c3ccccc3)CO2)=N1. The highest BCUT2D eigenvalue weighted by atomic mass is 31.0. The fourth-order valence-corrected chi connectivity index (χ4v) is 2.30. The van der Waals surface area contributed by atoms with Gasteiger partial charge >= 0.3 is 0 Å². The predicted molar refractivity (Wildman–Crippen MR) is 74.1 cm³/mol. The molecule has 3 rings (SSSR count). The van der Waals surface area contributed by atoms with Crippen molar-refractivity contribution in [1.82, 2.24) is 0 Å². The van der Waals surface area contributed by atoms with E-state index in [9.17, 15) is 0 Å². The minimum Gasteiger partial charge on any atom is -0.478 e. The molecule has 18 heavy (non-hydrogen) atoms. The minimum atomic E-state index is 0.106. The molecule has 5 heteroatoms. The molecule has 4 nitrogen and oxygen atoms in total. The quantitative estimate of drug-likeness (QED) is 0.783. The molecule has 2 heterocycles. The molecule has 0 aliphatic carbocycles. The Labute approximate surface area is 108 Å². The predicted octanol–water partition coefficient (Wildman–Crippen LogP) is 2.18. The van der Waals surface area contributed by atoms with Crippen LogP contribution in [0.2, 0.25) is 0 Å². The van der Waals surface area contributed by atoms with E-state index in [-0.39, 0.29) is 11.8 Å². The van der Waals surface area contributed by atoms with Crippen LogP contribution in [-0.4, -0.2) is 30.8 Å². The van der Waals surface area contributed by atoms with Crippen LogP contribution in [0.5, 0.6) is 0 Å². The lowest BCUT2D eigenvalue weighted by molar-refractivity contribution is 0.306. The zero-order valence-corrected chi connectivity index (χ0v) is 11.1. The van der Waals surface area contributed by atoms with E-state index in [1.165, 1.54) is 5.56 Å². The third-order valence-corrected chi connectivity index (χ3v) is 3.27. The second-order valence-corrected chi connectivity index (χ2v) is 5.11. The Bertz CT molecular complexity index is 487. The Balaban J connectivity index is 1.67. The zero-order valence-electron chi connectivity index (χ0n) is 9.95. The molecular weight excluding hydrogens is 247 g/mol. The third-order valence-electron chi connectivity index (χ3n) is 2.92. The number of rotatable bonds is 3. The molecule has 1 unspecified atom stereocenters. The van der Waals surface area contributed by atoms with Crippen molar-refractivity contribution in [2.24, 2.45) is 9.98 Å². The summed E-state index contributed by atoms with van der Waals surface area (Å²) in [4.78, 5) is 8.92. The van der Waals surface area contributed by atoms with Crippen LogP contribution in [0, 0.1) is 0 Å². The summed E-state index contributed by atoms with van der Waals surface area (Å²) in [5.41, 5.74) is 1.19. The molecular formula is C13H15N2O2P. The molecule has 0 spiro atoms. The molecule has 0 bridgehead atoms. The number of ether oxygens (including phenoxy) is 2. The standard InChI is InChI=1S/C13H15N2O2P/c18-13-8-17-12(15-13)6-11-14-10(7-16-11)9-4-2-1-3-5-9/h1-5,10,13H,6-8,18H2/t10-,13+/m1/s1. The molecule has 1 aromatic rings. The summed E-state index contributed by atoms with van der Waals surface area (Å²) < 4.78 is 11.0. The van der Waals surface area contributed by atoms with Gasteiger partial charge in [-0.3, -0.25) is 0 Å². The van der Waals surface area contributed by atoms with Crippen LogP contribution >= 0.6 is 9.24 Å². The highest BCUT2D eigenvalue weighted by Crippen LogP contribution is 2.24. The molecule has 0 N–H and O–H groups in total. The van der Waals surface area contributed by atoms with Gasteiger partial charge in [-0.05, 0) is 5.56 Å².